The van der Waals surface area contributed by atoms with Gasteiger partial charge in [0.05, 0.1) is 27.0 Å². The number of anilines is 3. The molecule has 0 saturated carbocycles. The Morgan fingerprint density at radius 2 is 2.00 bits per heavy atom. The summed E-state index contributed by atoms with van der Waals surface area (Å²) in [7, 11) is 3.53. The second-order valence-corrected chi connectivity index (χ2v) is 11.5. The van der Waals surface area contributed by atoms with Crippen LogP contribution in [0.5, 0.6) is 5.75 Å². The highest BCUT2D eigenvalue weighted by atomic mass is 32.2. The number of amides is 2. The number of nitrogens with two attached hydrogens (primary N) is 1. The van der Waals surface area contributed by atoms with Gasteiger partial charge in [-0.1, -0.05) is 0 Å². The fourth-order valence-corrected chi connectivity index (χ4v) is 6.79. The van der Waals surface area contributed by atoms with Crippen LogP contribution in [0.1, 0.15) is 26.4 Å². The van der Waals surface area contributed by atoms with Crippen LogP contribution >= 0.6 is 23.1 Å². The Hall–Kier alpha value is -3.36. The molecule has 2 aromatic heterocycles. The summed E-state index contributed by atoms with van der Waals surface area (Å²) >= 11 is 2.78. The van der Waals surface area contributed by atoms with E-state index in [0.29, 0.717) is 47.6 Å². The van der Waals surface area contributed by atoms with Gasteiger partial charge in [0.25, 0.3) is 5.91 Å². The van der Waals surface area contributed by atoms with Crippen LogP contribution in [0.3, 0.4) is 0 Å². The van der Waals surface area contributed by atoms with Crippen LogP contribution in [0.25, 0.3) is 11.3 Å². The summed E-state index contributed by atoms with van der Waals surface area (Å²) in [6, 6.07) is 2.77. The molecule has 0 atom stereocenters. The van der Waals surface area contributed by atoms with Gasteiger partial charge in [0.2, 0.25) is 11.9 Å². The molecule has 0 fully saturated rings. The fraction of sp³-hybridized carbons (Fsp3) is 0.360. The number of ether oxygens (including phenoxy) is 1. The zero-order valence-electron chi connectivity index (χ0n) is 21.3. The molecule has 1 aliphatic carbocycles. The first-order valence-electron chi connectivity index (χ1n) is 12.0. The molecule has 206 valence electrons. The fourth-order valence-electron chi connectivity index (χ4n) is 4.85. The van der Waals surface area contributed by atoms with Crippen LogP contribution in [0.15, 0.2) is 22.5 Å². The Bertz CT molecular complexity index is 1470. The van der Waals surface area contributed by atoms with E-state index in [0.717, 1.165) is 20.9 Å². The van der Waals surface area contributed by atoms with Gasteiger partial charge in [-0.05, 0) is 68.4 Å². The first kappa shape index (κ1) is 27.2. The minimum absolute atomic E-state index is 0.0279. The average molecular weight is 579 g/mol. The number of likely N-dealkylation sites (N-methyl/N-ethyl adjacent to an activating group) is 1. The van der Waals surface area contributed by atoms with Crippen molar-refractivity contribution in [1.29, 1.82) is 0 Å². The van der Waals surface area contributed by atoms with Crippen molar-refractivity contribution in [2.24, 2.45) is 5.73 Å². The molecule has 0 spiro atoms. The van der Waals surface area contributed by atoms with Crippen molar-refractivity contribution in [3.05, 3.63) is 39.9 Å². The van der Waals surface area contributed by atoms with Crippen molar-refractivity contribution < 1.29 is 27.5 Å². The third-order valence-corrected chi connectivity index (χ3v) is 8.80. The number of aromatic nitrogens is 2. The number of rotatable bonds is 7. The van der Waals surface area contributed by atoms with E-state index in [4.69, 9.17) is 5.73 Å². The van der Waals surface area contributed by atoms with Gasteiger partial charge >= 0.3 is 6.36 Å². The van der Waals surface area contributed by atoms with Crippen LogP contribution in [-0.2, 0) is 24.1 Å². The topological polar surface area (TPSA) is 114 Å². The van der Waals surface area contributed by atoms with Crippen molar-refractivity contribution in [1.82, 2.24) is 14.9 Å². The number of fused-ring (bicyclic) bond motifs is 4. The molecule has 3 heterocycles. The lowest BCUT2D eigenvalue weighted by Crippen LogP contribution is -2.36. The van der Waals surface area contributed by atoms with Gasteiger partial charge in [0, 0.05) is 24.0 Å². The van der Waals surface area contributed by atoms with Gasteiger partial charge in [-0.2, -0.15) is 0 Å². The van der Waals surface area contributed by atoms with Gasteiger partial charge in [0.1, 0.15) is 0 Å². The lowest BCUT2D eigenvalue weighted by atomic mass is 9.91. The molecule has 0 radical (unpaired) electrons. The third-order valence-electron chi connectivity index (χ3n) is 6.43. The molecule has 2 amide bonds. The quantitative estimate of drug-likeness (QED) is 0.401. The van der Waals surface area contributed by atoms with E-state index in [1.807, 2.05) is 6.26 Å². The van der Waals surface area contributed by atoms with Crippen molar-refractivity contribution in [3.8, 4) is 17.0 Å². The average Bonchev–Trinajstić information content (AvgIpc) is 3.44. The molecule has 3 aromatic rings. The van der Waals surface area contributed by atoms with Gasteiger partial charge in [-0.25, -0.2) is 9.97 Å². The van der Waals surface area contributed by atoms with Crippen molar-refractivity contribution in [2.45, 2.75) is 29.8 Å². The second-order valence-electron chi connectivity index (χ2n) is 9.39. The predicted octanol–water partition coefficient (Wildman–Crippen LogP) is 4.22. The second kappa shape index (κ2) is 10.3. The highest BCUT2D eigenvalue weighted by Gasteiger charge is 2.35. The lowest BCUT2D eigenvalue weighted by Gasteiger charge is -2.22. The summed E-state index contributed by atoms with van der Waals surface area (Å²) in [6.45, 7) is 0.512. The molecule has 14 heteroatoms. The maximum atomic E-state index is 13.3. The maximum Gasteiger partial charge on any atom is 0.573 e. The third kappa shape index (κ3) is 5.40. The van der Waals surface area contributed by atoms with E-state index >= 15 is 0 Å². The predicted molar refractivity (Wildman–Crippen MR) is 144 cm³/mol. The number of aryl methyl sites for hydroxylation is 1. The number of benzene rings is 1. The molecule has 39 heavy (non-hydrogen) atoms. The Morgan fingerprint density at radius 3 is 2.67 bits per heavy atom. The first-order chi connectivity index (χ1) is 18.4. The van der Waals surface area contributed by atoms with E-state index in [9.17, 15) is 22.8 Å². The molecular weight excluding hydrogens is 553 g/mol. The summed E-state index contributed by atoms with van der Waals surface area (Å²) in [4.78, 5) is 37.6. The Labute approximate surface area is 230 Å². The Balaban J connectivity index is 1.56. The lowest BCUT2D eigenvalue weighted by molar-refractivity contribution is -0.274. The summed E-state index contributed by atoms with van der Waals surface area (Å²) in [5, 5.41) is 2.88. The van der Waals surface area contributed by atoms with E-state index in [1.165, 1.54) is 35.2 Å². The van der Waals surface area contributed by atoms with Crippen molar-refractivity contribution in [2.75, 3.05) is 43.7 Å². The number of nitrogens with one attached hydrogen (secondary N) is 1. The summed E-state index contributed by atoms with van der Waals surface area (Å²) < 4.78 is 45.2. The molecule has 5 rings (SSSR count). The minimum atomic E-state index is -4.93. The van der Waals surface area contributed by atoms with E-state index in [2.05, 4.69) is 20.0 Å². The number of hydrogen-bond acceptors (Lipinski definition) is 9. The van der Waals surface area contributed by atoms with Gasteiger partial charge in [0.15, 0.2) is 5.75 Å². The SMILES string of the molecule is CSc1sc(C(N)=O)c2c1-c1nc(Nc3cc4c(cc3OC(F)(F)F)CCN4C(=O)CN(C)C)ncc1CC2. The number of thioether (sulfide) groups is 1. The molecule has 2 aliphatic rings. The van der Waals surface area contributed by atoms with Crippen LogP contribution in [0, 0.1) is 0 Å². The van der Waals surface area contributed by atoms with Crippen LogP contribution in [0.4, 0.5) is 30.5 Å². The number of thiophene rings is 1. The Kier molecular flexibility index (Phi) is 7.20. The first-order valence-corrected chi connectivity index (χ1v) is 14.0. The van der Waals surface area contributed by atoms with Crippen LogP contribution in [0.2, 0.25) is 0 Å². The maximum absolute atomic E-state index is 13.3. The zero-order valence-corrected chi connectivity index (χ0v) is 22.9. The number of nitrogens with zero attached hydrogens (tertiary/aromatic N) is 4. The standard InChI is InChI=1S/C25H25F3N6O3S2/c1-33(2)11-18(35)34-7-6-12-8-17(37-25(26,27)28)15(9-16(12)34)31-24-30-10-13-4-5-14-19(20(13)32-24)23(38-3)39-21(14)22(29)36/h8-10H,4-7,11H2,1-3H3,(H2,29,36)(H,30,31,32). The summed E-state index contributed by atoms with van der Waals surface area (Å²) in [5.41, 5.74) is 9.75. The minimum Gasteiger partial charge on any atom is -0.404 e. The molecule has 1 aromatic carbocycles. The van der Waals surface area contributed by atoms with Crippen molar-refractivity contribution in [3.63, 3.8) is 0 Å². The molecule has 0 bridgehead atoms. The normalized spacial score (nSPS) is 14.2. The summed E-state index contributed by atoms with van der Waals surface area (Å²) in [5.74, 6) is -1.06. The zero-order chi connectivity index (χ0) is 28.1. The van der Waals surface area contributed by atoms with E-state index < -0.39 is 18.0 Å². The number of alkyl halides is 3. The molecule has 1 aliphatic heterocycles. The van der Waals surface area contributed by atoms with Crippen LogP contribution < -0.4 is 20.7 Å². The molecular formula is C25H25F3N6O3S2. The number of carbonyl (C=O) groups is 2. The van der Waals surface area contributed by atoms with Crippen LogP contribution in [-0.4, -0.2) is 66.5 Å². The van der Waals surface area contributed by atoms with Gasteiger partial charge in [-0.15, -0.1) is 36.3 Å². The van der Waals surface area contributed by atoms with Gasteiger partial charge in [-0.3, -0.25) is 9.59 Å². The van der Waals surface area contributed by atoms with Crippen molar-refractivity contribution >= 4 is 52.2 Å². The molecule has 0 saturated heterocycles. The molecule has 3 N–H and O–H groups in total. The molecule has 9 nitrogen and oxygen atoms in total. The number of primary amides is 1. The van der Waals surface area contributed by atoms with E-state index in [-0.39, 0.29) is 24.1 Å². The summed E-state index contributed by atoms with van der Waals surface area (Å²) in [6.07, 6.45) is 0.198. The largest absolute Gasteiger partial charge is 0.573 e. The highest BCUT2D eigenvalue weighted by molar-refractivity contribution is 8.00. The Morgan fingerprint density at radius 1 is 1.23 bits per heavy atom. The molecule has 0 unspecified atom stereocenters. The van der Waals surface area contributed by atoms with E-state index in [1.54, 1.807) is 30.1 Å². The number of hydrogen-bond donors (Lipinski definition) is 2. The monoisotopic (exact) mass is 578 g/mol. The smallest absolute Gasteiger partial charge is 0.404 e. The number of carbonyl (C=O) groups excluding carboxylic acids is 2. The highest BCUT2D eigenvalue weighted by Crippen LogP contribution is 2.46. The van der Waals surface area contributed by atoms with Gasteiger partial charge < -0.3 is 25.6 Å². The number of halogens is 3.